The zero-order chi connectivity index (χ0) is 9.90. The molecule has 1 saturated heterocycles. The molecule has 0 spiro atoms. The summed E-state index contributed by atoms with van der Waals surface area (Å²) in [5.74, 6) is 0. The fourth-order valence-corrected chi connectivity index (χ4v) is 2.39. The van der Waals surface area contributed by atoms with Gasteiger partial charge in [0.1, 0.15) is 0 Å². The first-order chi connectivity index (χ1) is 6.02. The molecule has 1 fully saturated rings. The largest absolute Gasteiger partial charge is 0.317 e. The third-order valence-electron chi connectivity index (χ3n) is 2.58. The van der Waals surface area contributed by atoms with E-state index in [1.807, 2.05) is 0 Å². The van der Waals surface area contributed by atoms with Crippen LogP contribution in [0.25, 0.3) is 0 Å². The maximum Gasteiger partial charge on any atom is 0.211 e. The Bertz CT molecular complexity index is 243. The summed E-state index contributed by atoms with van der Waals surface area (Å²) >= 11 is 0. The number of hydrogen-bond donors (Lipinski definition) is 1. The van der Waals surface area contributed by atoms with Gasteiger partial charge in [0, 0.05) is 13.1 Å². The number of nitrogens with zero attached hydrogens (tertiary/aromatic N) is 1. The monoisotopic (exact) mass is 206 g/mol. The molecule has 0 aromatic heterocycles. The first kappa shape index (κ1) is 10.9. The predicted molar refractivity (Wildman–Crippen MR) is 53.1 cm³/mol. The van der Waals surface area contributed by atoms with E-state index in [4.69, 9.17) is 0 Å². The molecule has 78 valence electrons. The van der Waals surface area contributed by atoms with Gasteiger partial charge in [0.15, 0.2) is 0 Å². The first-order valence-electron chi connectivity index (χ1n) is 4.65. The molecule has 0 saturated carbocycles. The van der Waals surface area contributed by atoms with E-state index in [0.29, 0.717) is 0 Å². The third kappa shape index (κ3) is 3.25. The zero-order valence-electron chi connectivity index (χ0n) is 8.28. The van der Waals surface area contributed by atoms with Crippen LogP contribution in [-0.4, -0.2) is 45.2 Å². The molecular formula is C8H18N2O2S. The topological polar surface area (TPSA) is 49.4 Å². The summed E-state index contributed by atoms with van der Waals surface area (Å²) in [6.45, 7) is 1.93. The van der Waals surface area contributed by atoms with Crippen LogP contribution in [0.2, 0.25) is 0 Å². The summed E-state index contributed by atoms with van der Waals surface area (Å²) in [5.41, 5.74) is 0. The first-order valence-corrected chi connectivity index (χ1v) is 6.50. The number of sulfonamides is 1. The van der Waals surface area contributed by atoms with Gasteiger partial charge in [0.05, 0.1) is 6.26 Å². The SMILES string of the molecule is CN([C@@H]1CCCNCC1)S(C)(=O)=O. The van der Waals surface area contributed by atoms with Gasteiger partial charge in [-0.05, 0) is 32.4 Å². The zero-order valence-corrected chi connectivity index (χ0v) is 9.10. The molecule has 1 aliphatic heterocycles. The van der Waals surface area contributed by atoms with Gasteiger partial charge < -0.3 is 5.32 Å². The van der Waals surface area contributed by atoms with Gasteiger partial charge in [-0.15, -0.1) is 0 Å². The van der Waals surface area contributed by atoms with Crippen molar-refractivity contribution >= 4 is 10.0 Å². The minimum Gasteiger partial charge on any atom is -0.317 e. The summed E-state index contributed by atoms with van der Waals surface area (Å²) < 4.78 is 24.0. The van der Waals surface area contributed by atoms with Gasteiger partial charge in [-0.1, -0.05) is 0 Å². The summed E-state index contributed by atoms with van der Waals surface area (Å²) in [5, 5.41) is 3.26. The molecule has 1 N–H and O–H groups in total. The Hall–Kier alpha value is -0.130. The molecule has 1 aliphatic rings. The van der Waals surface area contributed by atoms with Gasteiger partial charge >= 0.3 is 0 Å². The second kappa shape index (κ2) is 4.39. The lowest BCUT2D eigenvalue weighted by molar-refractivity contribution is 0.343. The van der Waals surface area contributed by atoms with E-state index in [0.717, 1.165) is 32.4 Å². The van der Waals surface area contributed by atoms with E-state index in [2.05, 4.69) is 5.32 Å². The molecule has 1 atom stereocenters. The summed E-state index contributed by atoms with van der Waals surface area (Å²) in [6.07, 6.45) is 4.22. The van der Waals surface area contributed by atoms with Gasteiger partial charge in [0.25, 0.3) is 0 Å². The Morgan fingerprint density at radius 2 is 2.00 bits per heavy atom. The molecule has 0 radical (unpaired) electrons. The van der Waals surface area contributed by atoms with Crippen LogP contribution in [0, 0.1) is 0 Å². The number of hydrogen-bond acceptors (Lipinski definition) is 3. The summed E-state index contributed by atoms with van der Waals surface area (Å²) in [6, 6.07) is 0.185. The molecular weight excluding hydrogens is 188 g/mol. The Morgan fingerprint density at radius 3 is 2.62 bits per heavy atom. The van der Waals surface area contributed by atoms with E-state index in [9.17, 15) is 8.42 Å². The van der Waals surface area contributed by atoms with E-state index < -0.39 is 10.0 Å². The lowest BCUT2D eigenvalue weighted by Gasteiger charge is -2.24. The molecule has 13 heavy (non-hydrogen) atoms. The lowest BCUT2D eigenvalue weighted by atomic mass is 10.1. The molecule has 1 heterocycles. The molecule has 0 bridgehead atoms. The molecule has 0 aromatic carbocycles. The second-order valence-corrected chi connectivity index (χ2v) is 5.66. The van der Waals surface area contributed by atoms with Crippen molar-refractivity contribution < 1.29 is 8.42 Å². The molecule has 4 nitrogen and oxygen atoms in total. The molecule has 0 aliphatic carbocycles. The smallest absolute Gasteiger partial charge is 0.211 e. The number of rotatable bonds is 2. The van der Waals surface area contributed by atoms with Crippen LogP contribution in [-0.2, 0) is 10.0 Å². The quantitative estimate of drug-likeness (QED) is 0.693. The fraction of sp³-hybridized carbons (Fsp3) is 1.00. The van der Waals surface area contributed by atoms with Crippen molar-refractivity contribution in [1.82, 2.24) is 9.62 Å². The van der Waals surface area contributed by atoms with Crippen molar-refractivity contribution in [3.8, 4) is 0 Å². The van der Waals surface area contributed by atoms with E-state index in [1.54, 1.807) is 7.05 Å². The van der Waals surface area contributed by atoms with Gasteiger partial charge in [-0.2, -0.15) is 0 Å². The maximum absolute atomic E-state index is 11.2. The average molecular weight is 206 g/mol. The highest BCUT2D eigenvalue weighted by Crippen LogP contribution is 2.13. The van der Waals surface area contributed by atoms with E-state index >= 15 is 0 Å². The minimum atomic E-state index is -3.01. The van der Waals surface area contributed by atoms with Crippen molar-refractivity contribution in [3.05, 3.63) is 0 Å². The average Bonchev–Trinajstić information content (AvgIpc) is 2.28. The van der Waals surface area contributed by atoms with Crippen molar-refractivity contribution in [3.63, 3.8) is 0 Å². The summed E-state index contributed by atoms with van der Waals surface area (Å²) in [4.78, 5) is 0. The predicted octanol–water partition coefficient (Wildman–Crippen LogP) is 0.0199. The second-order valence-electron chi connectivity index (χ2n) is 3.61. The molecule has 5 heteroatoms. The van der Waals surface area contributed by atoms with E-state index in [-0.39, 0.29) is 6.04 Å². The Morgan fingerprint density at radius 1 is 1.31 bits per heavy atom. The van der Waals surface area contributed by atoms with Crippen LogP contribution in [0.1, 0.15) is 19.3 Å². The maximum atomic E-state index is 11.2. The summed E-state index contributed by atoms with van der Waals surface area (Å²) in [7, 11) is -1.34. The van der Waals surface area contributed by atoms with Crippen molar-refractivity contribution in [2.45, 2.75) is 25.3 Å². The Labute approximate surface area is 80.4 Å². The van der Waals surface area contributed by atoms with Crippen molar-refractivity contribution in [2.75, 3.05) is 26.4 Å². The van der Waals surface area contributed by atoms with Crippen LogP contribution in [0.5, 0.6) is 0 Å². The molecule has 0 aromatic rings. The highest BCUT2D eigenvalue weighted by molar-refractivity contribution is 7.88. The van der Waals surface area contributed by atoms with Crippen LogP contribution in [0.4, 0.5) is 0 Å². The van der Waals surface area contributed by atoms with Crippen LogP contribution >= 0.6 is 0 Å². The van der Waals surface area contributed by atoms with Crippen LogP contribution in [0.3, 0.4) is 0 Å². The Balaban J connectivity index is 2.59. The lowest BCUT2D eigenvalue weighted by Crippen LogP contribution is -2.36. The molecule has 0 unspecified atom stereocenters. The molecule has 0 amide bonds. The van der Waals surface area contributed by atoms with Crippen molar-refractivity contribution in [2.24, 2.45) is 0 Å². The van der Waals surface area contributed by atoms with Gasteiger partial charge in [-0.3, -0.25) is 0 Å². The van der Waals surface area contributed by atoms with Crippen LogP contribution < -0.4 is 5.32 Å². The minimum absolute atomic E-state index is 0.185. The normalized spacial score (nSPS) is 25.9. The molecule has 1 rings (SSSR count). The highest BCUT2D eigenvalue weighted by Gasteiger charge is 2.22. The van der Waals surface area contributed by atoms with Gasteiger partial charge in [-0.25, -0.2) is 12.7 Å². The standard InChI is InChI=1S/C8H18N2O2S/c1-10(13(2,11)12)8-4-3-6-9-7-5-8/h8-9H,3-7H2,1-2H3/t8-/m1/s1. The Kier molecular flexibility index (Phi) is 3.70. The van der Waals surface area contributed by atoms with Gasteiger partial charge in [0.2, 0.25) is 10.0 Å². The van der Waals surface area contributed by atoms with Crippen LogP contribution in [0.15, 0.2) is 0 Å². The van der Waals surface area contributed by atoms with Crippen molar-refractivity contribution in [1.29, 1.82) is 0 Å². The third-order valence-corrected chi connectivity index (χ3v) is 3.93. The highest BCUT2D eigenvalue weighted by atomic mass is 32.2. The number of nitrogens with one attached hydrogen (secondary N) is 1. The fourth-order valence-electron chi connectivity index (χ4n) is 1.64. The van der Waals surface area contributed by atoms with E-state index in [1.165, 1.54) is 10.6 Å².